The van der Waals surface area contributed by atoms with E-state index in [1.54, 1.807) is 6.07 Å². The topological polar surface area (TPSA) is 81.8 Å². The predicted molar refractivity (Wildman–Crippen MR) is 61.5 cm³/mol. The minimum atomic E-state index is -1.01. The normalized spacial score (nSPS) is 18.1. The molecule has 17 heavy (non-hydrogen) atoms. The maximum Gasteiger partial charge on any atom is 0.341 e. The van der Waals surface area contributed by atoms with Gasteiger partial charge in [0, 0.05) is 11.5 Å². The van der Waals surface area contributed by atoms with Crippen molar-refractivity contribution in [3.8, 4) is 11.5 Å². The molecule has 0 saturated carbocycles. The van der Waals surface area contributed by atoms with E-state index < -0.39 is 5.97 Å². The summed E-state index contributed by atoms with van der Waals surface area (Å²) < 4.78 is 10.7. The highest BCUT2D eigenvalue weighted by atomic mass is 16.5. The number of nitrogens with two attached hydrogens (primary N) is 1. The van der Waals surface area contributed by atoms with Gasteiger partial charge in [-0.05, 0) is 19.0 Å². The number of carboxylic acids is 1. The van der Waals surface area contributed by atoms with Gasteiger partial charge in [-0.15, -0.1) is 0 Å². The average Bonchev–Trinajstić information content (AvgIpc) is 2.35. The van der Waals surface area contributed by atoms with Gasteiger partial charge in [-0.2, -0.15) is 0 Å². The van der Waals surface area contributed by atoms with E-state index in [9.17, 15) is 4.79 Å². The number of fused-ring (bicyclic) bond motifs is 1. The monoisotopic (exact) mass is 237 g/mol. The quantitative estimate of drug-likeness (QED) is 0.815. The van der Waals surface area contributed by atoms with E-state index >= 15 is 0 Å². The molecule has 0 aliphatic carbocycles. The fourth-order valence-corrected chi connectivity index (χ4v) is 1.97. The van der Waals surface area contributed by atoms with Gasteiger partial charge < -0.3 is 20.3 Å². The second-order valence-electron chi connectivity index (χ2n) is 3.93. The first kappa shape index (κ1) is 11.7. The molecular weight excluding hydrogens is 222 g/mol. The second kappa shape index (κ2) is 5.05. The van der Waals surface area contributed by atoms with E-state index in [0.29, 0.717) is 24.7 Å². The number of para-hydroxylation sites is 1. The van der Waals surface area contributed by atoms with Crippen LogP contribution in [-0.4, -0.2) is 30.8 Å². The summed E-state index contributed by atoms with van der Waals surface area (Å²) in [4.78, 5) is 10.5. The van der Waals surface area contributed by atoms with Crippen molar-refractivity contribution in [2.24, 2.45) is 5.73 Å². The Labute approximate surface area is 99.1 Å². The Kier molecular flexibility index (Phi) is 3.49. The SMILES string of the molecule is NCC1CCOc2c(OCC(=O)O)cccc21. The summed E-state index contributed by atoms with van der Waals surface area (Å²) in [5, 5.41) is 8.59. The highest BCUT2D eigenvalue weighted by Crippen LogP contribution is 2.39. The molecule has 0 radical (unpaired) electrons. The van der Waals surface area contributed by atoms with Gasteiger partial charge in [0.25, 0.3) is 0 Å². The van der Waals surface area contributed by atoms with Crippen LogP contribution in [0.15, 0.2) is 18.2 Å². The van der Waals surface area contributed by atoms with Crippen molar-refractivity contribution in [2.75, 3.05) is 19.8 Å². The van der Waals surface area contributed by atoms with Crippen LogP contribution < -0.4 is 15.2 Å². The molecule has 1 aliphatic rings. The maximum absolute atomic E-state index is 10.5. The third-order valence-electron chi connectivity index (χ3n) is 2.80. The van der Waals surface area contributed by atoms with E-state index in [1.165, 1.54) is 0 Å². The van der Waals surface area contributed by atoms with E-state index in [4.69, 9.17) is 20.3 Å². The molecule has 1 aromatic rings. The summed E-state index contributed by atoms with van der Waals surface area (Å²) in [5.41, 5.74) is 6.70. The van der Waals surface area contributed by atoms with Gasteiger partial charge >= 0.3 is 5.97 Å². The van der Waals surface area contributed by atoms with Crippen molar-refractivity contribution in [3.05, 3.63) is 23.8 Å². The van der Waals surface area contributed by atoms with Crippen LogP contribution in [0.3, 0.4) is 0 Å². The van der Waals surface area contributed by atoms with Gasteiger partial charge in [0.1, 0.15) is 0 Å². The third-order valence-corrected chi connectivity index (χ3v) is 2.80. The zero-order valence-electron chi connectivity index (χ0n) is 9.39. The third kappa shape index (κ3) is 2.50. The van der Waals surface area contributed by atoms with Crippen molar-refractivity contribution >= 4 is 5.97 Å². The molecule has 0 bridgehead atoms. The molecule has 1 atom stereocenters. The van der Waals surface area contributed by atoms with Crippen LogP contribution in [0.1, 0.15) is 17.9 Å². The van der Waals surface area contributed by atoms with E-state index in [1.807, 2.05) is 12.1 Å². The number of hydrogen-bond acceptors (Lipinski definition) is 4. The Morgan fingerprint density at radius 2 is 2.41 bits per heavy atom. The Morgan fingerprint density at radius 1 is 1.59 bits per heavy atom. The van der Waals surface area contributed by atoms with Crippen LogP contribution in [0.25, 0.3) is 0 Å². The lowest BCUT2D eigenvalue weighted by Crippen LogP contribution is -2.21. The number of carboxylic acid groups (broad SMARTS) is 1. The molecular formula is C12H15NO4. The summed E-state index contributed by atoms with van der Waals surface area (Å²) in [6.45, 7) is 0.772. The first-order valence-corrected chi connectivity index (χ1v) is 5.52. The van der Waals surface area contributed by atoms with Gasteiger partial charge in [-0.25, -0.2) is 4.79 Å². The molecule has 1 heterocycles. The first-order chi connectivity index (χ1) is 8.22. The van der Waals surface area contributed by atoms with Gasteiger partial charge in [-0.3, -0.25) is 0 Å². The standard InChI is InChI=1S/C12H15NO4/c13-6-8-4-5-16-12-9(8)2-1-3-10(12)17-7-11(14)15/h1-3,8H,4-7,13H2,(H,14,15). The summed E-state index contributed by atoms with van der Waals surface area (Å²) in [5.74, 6) is 0.361. The molecule has 1 aliphatic heterocycles. The van der Waals surface area contributed by atoms with Crippen LogP contribution in [0, 0.1) is 0 Å². The molecule has 3 N–H and O–H groups in total. The van der Waals surface area contributed by atoms with E-state index in [0.717, 1.165) is 12.0 Å². The van der Waals surface area contributed by atoms with Crippen molar-refractivity contribution < 1.29 is 19.4 Å². The molecule has 92 valence electrons. The van der Waals surface area contributed by atoms with Crippen molar-refractivity contribution in [3.63, 3.8) is 0 Å². The Balaban J connectivity index is 2.26. The summed E-state index contributed by atoms with van der Waals surface area (Å²) in [7, 11) is 0. The number of carbonyl (C=O) groups is 1. The minimum Gasteiger partial charge on any atom is -0.489 e. The summed E-state index contributed by atoms with van der Waals surface area (Å²) in [6.07, 6.45) is 0.881. The lowest BCUT2D eigenvalue weighted by atomic mass is 9.93. The second-order valence-corrected chi connectivity index (χ2v) is 3.93. The van der Waals surface area contributed by atoms with Crippen LogP contribution in [-0.2, 0) is 4.79 Å². The fourth-order valence-electron chi connectivity index (χ4n) is 1.97. The van der Waals surface area contributed by atoms with Crippen LogP contribution in [0.5, 0.6) is 11.5 Å². The van der Waals surface area contributed by atoms with Crippen LogP contribution in [0.4, 0.5) is 0 Å². The summed E-state index contributed by atoms with van der Waals surface area (Å²) in [6, 6.07) is 5.48. The van der Waals surface area contributed by atoms with Crippen LogP contribution in [0.2, 0.25) is 0 Å². The van der Waals surface area contributed by atoms with Gasteiger partial charge in [-0.1, -0.05) is 12.1 Å². The van der Waals surface area contributed by atoms with Gasteiger partial charge in [0.05, 0.1) is 6.61 Å². The number of benzene rings is 1. The van der Waals surface area contributed by atoms with Crippen molar-refractivity contribution in [1.82, 2.24) is 0 Å². The molecule has 0 aromatic heterocycles. The lowest BCUT2D eigenvalue weighted by Gasteiger charge is -2.26. The number of hydrogen-bond donors (Lipinski definition) is 2. The zero-order chi connectivity index (χ0) is 12.3. The highest BCUT2D eigenvalue weighted by Gasteiger charge is 2.23. The predicted octanol–water partition coefficient (Wildman–Crippen LogP) is 0.975. The molecule has 0 fully saturated rings. The largest absolute Gasteiger partial charge is 0.489 e. The van der Waals surface area contributed by atoms with E-state index in [2.05, 4.69) is 0 Å². The lowest BCUT2D eigenvalue weighted by molar-refractivity contribution is -0.139. The molecule has 0 saturated heterocycles. The molecule has 1 unspecified atom stereocenters. The Hall–Kier alpha value is -1.75. The van der Waals surface area contributed by atoms with E-state index in [-0.39, 0.29) is 12.5 Å². The molecule has 2 rings (SSSR count). The molecule has 1 aromatic carbocycles. The zero-order valence-corrected chi connectivity index (χ0v) is 9.39. The number of aliphatic carboxylic acids is 1. The number of rotatable bonds is 4. The first-order valence-electron chi connectivity index (χ1n) is 5.52. The van der Waals surface area contributed by atoms with Gasteiger partial charge in [0.15, 0.2) is 18.1 Å². The van der Waals surface area contributed by atoms with Gasteiger partial charge in [0.2, 0.25) is 0 Å². The molecule has 5 nitrogen and oxygen atoms in total. The fraction of sp³-hybridized carbons (Fsp3) is 0.417. The smallest absolute Gasteiger partial charge is 0.341 e. The molecule has 5 heteroatoms. The number of ether oxygens (including phenoxy) is 2. The average molecular weight is 237 g/mol. The van der Waals surface area contributed by atoms with Crippen LogP contribution >= 0.6 is 0 Å². The molecule has 0 amide bonds. The summed E-state index contributed by atoms with van der Waals surface area (Å²) >= 11 is 0. The minimum absolute atomic E-state index is 0.257. The molecule has 0 spiro atoms. The van der Waals surface area contributed by atoms with Crippen molar-refractivity contribution in [1.29, 1.82) is 0 Å². The Bertz CT molecular complexity index is 419. The highest BCUT2D eigenvalue weighted by molar-refractivity contribution is 5.68. The Morgan fingerprint density at radius 3 is 3.12 bits per heavy atom. The maximum atomic E-state index is 10.5. The van der Waals surface area contributed by atoms with Crippen molar-refractivity contribution in [2.45, 2.75) is 12.3 Å².